The number of amides is 2. The van der Waals surface area contributed by atoms with Gasteiger partial charge in [0.25, 0.3) is 5.91 Å². The van der Waals surface area contributed by atoms with Crippen molar-refractivity contribution in [2.75, 3.05) is 26.2 Å². The molecule has 1 saturated heterocycles. The summed E-state index contributed by atoms with van der Waals surface area (Å²) in [5.41, 5.74) is 2.26. The van der Waals surface area contributed by atoms with Crippen LogP contribution < -0.4 is 0 Å². The summed E-state index contributed by atoms with van der Waals surface area (Å²) in [6.07, 6.45) is -0.333. The molecule has 0 N–H and O–H groups in total. The second-order valence-electron chi connectivity index (χ2n) is 10.9. The molecule has 1 fully saturated rings. The lowest BCUT2D eigenvalue weighted by atomic mass is 10.0. The van der Waals surface area contributed by atoms with Crippen LogP contribution in [0.1, 0.15) is 83.1 Å². The number of aromatic nitrogens is 3. The molecule has 0 unspecified atom stereocenters. The van der Waals surface area contributed by atoms with E-state index in [-0.39, 0.29) is 23.5 Å². The fourth-order valence-electron chi connectivity index (χ4n) is 3.83. The Morgan fingerprint density at radius 3 is 2.06 bits per heavy atom. The third-order valence-corrected chi connectivity index (χ3v) is 5.51. The number of nitrogens with zero attached hydrogens (tertiary/aromatic N) is 5. The van der Waals surface area contributed by atoms with E-state index in [2.05, 4.69) is 34.6 Å². The number of hydrogen-bond donors (Lipinski definition) is 0. The standard InChI is InChI=1S/C24H37N5O3/c1-15(2)18-14-17(19-16(3)26-29(20(19)25-18)23(4,5)6)21(30)27-10-12-28(13-11-27)22(31)32-24(7,8)9/h14-15H,10-13H2,1-9H3. The van der Waals surface area contributed by atoms with E-state index in [1.54, 1.807) is 4.90 Å². The zero-order valence-corrected chi connectivity index (χ0v) is 20.9. The van der Waals surface area contributed by atoms with Gasteiger partial charge < -0.3 is 14.5 Å². The third-order valence-electron chi connectivity index (χ3n) is 5.51. The molecule has 0 bridgehead atoms. The Kier molecular flexibility index (Phi) is 6.28. The molecule has 1 aliphatic heterocycles. The van der Waals surface area contributed by atoms with Crippen LogP contribution in [0.2, 0.25) is 0 Å². The number of aryl methyl sites for hydroxylation is 1. The lowest BCUT2D eigenvalue weighted by Gasteiger charge is -2.35. The summed E-state index contributed by atoms with van der Waals surface area (Å²) in [5.74, 6) is 0.137. The van der Waals surface area contributed by atoms with E-state index in [4.69, 9.17) is 14.8 Å². The number of carbonyl (C=O) groups excluding carboxylic acids is 2. The molecule has 2 amide bonds. The third kappa shape index (κ3) is 4.89. The maximum atomic E-state index is 13.6. The highest BCUT2D eigenvalue weighted by Gasteiger charge is 2.31. The fraction of sp³-hybridized carbons (Fsp3) is 0.667. The van der Waals surface area contributed by atoms with E-state index >= 15 is 0 Å². The van der Waals surface area contributed by atoms with Gasteiger partial charge >= 0.3 is 6.09 Å². The lowest BCUT2D eigenvalue weighted by Crippen LogP contribution is -2.51. The molecule has 0 radical (unpaired) electrons. The average Bonchev–Trinajstić information content (AvgIpc) is 3.02. The minimum absolute atomic E-state index is 0.0419. The summed E-state index contributed by atoms with van der Waals surface area (Å²) < 4.78 is 7.39. The van der Waals surface area contributed by atoms with Crippen LogP contribution >= 0.6 is 0 Å². The van der Waals surface area contributed by atoms with Crippen molar-refractivity contribution >= 4 is 23.0 Å². The van der Waals surface area contributed by atoms with Crippen molar-refractivity contribution in [1.82, 2.24) is 24.6 Å². The quantitative estimate of drug-likeness (QED) is 0.691. The Hall–Kier alpha value is -2.64. The normalized spacial score (nSPS) is 15.6. The monoisotopic (exact) mass is 443 g/mol. The maximum absolute atomic E-state index is 13.6. The van der Waals surface area contributed by atoms with Gasteiger partial charge in [-0.2, -0.15) is 5.10 Å². The molecule has 0 atom stereocenters. The molecule has 1 aliphatic rings. The number of piperazine rings is 1. The summed E-state index contributed by atoms with van der Waals surface area (Å²) in [6, 6.07) is 1.91. The average molecular weight is 444 g/mol. The molecule has 8 nitrogen and oxygen atoms in total. The van der Waals surface area contributed by atoms with Crippen LogP contribution in [-0.2, 0) is 10.3 Å². The minimum Gasteiger partial charge on any atom is -0.444 e. The van der Waals surface area contributed by atoms with Crippen molar-refractivity contribution in [1.29, 1.82) is 0 Å². The zero-order valence-electron chi connectivity index (χ0n) is 20.9. The lowest BCUT2D eigenvalue weighted by molar-refractivity contribution is 0.0141. The Balaban J connectivity index is 1.92. The maximum Gasteiger partial charge on any atom is 0.410 e. The van der Waals surface area contributed by atoms with Gasteiger partial charge in [-0.05, 0) is 60.5 Å². The molecule has 2 aromatic rings. The predicted molar refractivity (Wildman–Crippen MR) is 125 cm³/mol. The van der Waals surface area contributed by atoms with Gasteiger partial charge in [-0.1, -0.05) is 13.8 Å². The van der Waals surface area contributed by atoms with Gasteiger partial charge in [0.15, 0.2) is 5.65 Å². The number of fused-ring (bicyclic) bond motifs is 1. The molecule has 8 heteroatoms. The molecule has 0 saturated carbocycles. The van der Waals surface area contributed by atoms with Crippen molar-refractivity contribution in [3.8, 4) is 0 Å². The van der Waals surface area contributed by atoms with E-state index in [0.29, 0.717) is 31.7 Å². The second kappa shape index (κ2) is 8.37. The summed E-state index contributed by atoms with van der Waals surface area (Å²) in [7, 11) is 0. The molecule has 2 aromatic heterocycles. The molecule has 3 heterocycles. The Morgan fingerprint density at radius 2 is 1.56 bits per heavy atom. The number of rotatable bonds is 2. The van der Waals surface area contributed by atoms with Gasteiger partial charge in [-0.3, -0.25) is 4.79 Å². The predicted octanol–water partition coefficient (Wildman–Crippen LogP) is 4.31. The minimum atomic E-state index is -0.537. The van der Waals surface area contributed by atoms with E-state index in [1.807, 2.05) is 43.3 Å². The van der Waals surface area contributed by atoms with Gasteiger partial charge in [0.05, 0.1) is 22.2 Å². The summed E-state index contributed by atoms with van der Waals surface area (Å²) in [5, 5.41) is 5.54. The second-order valence-corrected chi connectivity index (χ2v) is 10.9. The topological polar surface area (TPSA) is 80.6 Å². The molecule has 0 spiro atoms. The van der Waals surface area contributed by atoms with E-state index in [1.165, 1.54) is 0 Å². The first kappa shape index (κ1) is 24.0. The van der Waals surface area contributed by atoms with Crippen molar-refractivity contribution in [2.45, 2.75) is 79.4 Å². The largest absolute Gasteiger partial charge is 0.444 e. The molecular weight excluding hydrogens is 406 g/mol. The zero-order chi connectivity index (χ0) is 24.0. The van der Waals surface area contributed by atoms with Crippen molar-refractivity contribution in [3.05, 3.63) is 23.0 Å². The molecule has 0 aromatic carbocycles. The van der Waals surface area contributed by atoms with Crippen LogP contribution in [0.25, 0.3) is 11.0 Å². The molecule has 0 aliphatic carbocycles. The Bertz CT molecular complexity index is 1020. The van der Waals surface area contributed by atoms with Crippen LogP contribution in [-0.4, -0.2) is 68.3 Å². The van der Waals surface area contributed by atoms with E-state index in [9.17, 15) is 9.59 Å². The molecule has 32 heavy (non-hydrogen) atoms. The number of pyridine rings is 1. The SMILES string of the molecule is Cc1nn(C(C)(C)C)c2nc(C(C)C)cc(C(=O)N3CCN(C(=O)OC(C)(C)C)CC3)c12. The highest BCUT2D eigenvalue weighted by atomic mass is 16.6. The van der Waals surface area contributed by atoms with Gasteiger partial charge in [0, 0.05) is 31.9 Å². The van der Waals surface area contributed by atoms with E-state index in [0.717, 1.165) is 22.4 Å². The smallest absolute Gasteiger partial charge is 0.410 e. The van der Waals surface area contributed by atoms with Gasteiger partial charge in [0.2, 0.25) is 0 Å². The van der Waals surface area contributed by atoms with Crippen LogP contribution in [0.5, 0.6) is 0 Å². The number of ether oxygens (including phenoxy) is 1. The summed E-state index contributed by atoms with van der Waals surface area (Å²) in [4.78, 5) is 34.4. The molecule has 3 rings (SSSR count). The van der Waals surface area contributed by atoms with Gasteiger partial charge in [-0.25, -0.2) is 14.5 Å². The Labute approximate surface area is 190 Å². The number of hydrogen-bond acceptors (Lipinski definition) is 5. The van der Waals surface area contributed by atoms with Gasteiger partial charge in [0.1, 0.15) is 5.60 Å². The van der Waals surface area contributed by atoms with Crippen molar-refractivity contribution in [3.63, 3.8) is 0 Å². The highest BCUT2D eigenvalue weighted by Crippen LogP contribution is 2.30. The van der Waals surface area contributed by atoms with Crippen molar-refractivity contribution in [2.24, 2.45) is 0 Å². The number of carbonyl (C=O) groups is 2. The van der Waals surface area contributed by atoms with Crippen LogP contribution in [0.4, 0.5) is 4.79 Å². The first-order valence-corrected chi connectivity index (χ1v) is 11.4. The van der Waals surface area contributed by atoms with Gasteiger partial charge in [-0.15, -0.1) is 0 Å². The van der Waals surface area contributed by atoms with Crippen LogP contribution in [0, 0.1) is 6.92 Å². The van der Waals surface area contributed by atoms with E-state index < -0.39 is 5.60 Å². The molecule has 176 valence electrons. The molecular formula is C24H37N5O3. The Morgan fingerprint density at radius 1 is 1.00 bits per heavy atom. The first-order chi connectivity index (χ1) is 14.7. The van der Waals surface area contributed by atoms with Crippen LogP contribution in [0.15, 0.2) is 6.07 Å². The summed E-state index contributed by atoms with van der Waals surface area (Å²) in [6.45, 7) is 19.7. The first-order valence-electron chi connectivity index (χ1n) is 11.4. The van der Waals surface area contributed by atoms with Crippen LogP contribution in [0.3, 0.4) is 0 Å². The fourth-order valence-corrected chi connectivity index (χ4v) is 3.83. The van der Waals surface area contributed by atoms with Crippen molar-refractivity contribution < 1.29 is 14.3 Å². The summed E-state index contributed by atoms with van der Waals surface area (Å²) >= 11 is 0. The highest BCUT2D eigenvalue weighted by molar-refractivity contribution is 6.06.